The lowest BCUT2D eigenvalue weighted by Crippen LogP contribution is -2.27. The summed E-state index contributed by atoms with van der Waals surface area (Å²) in [5, 5.41) is 3.05. The van der Waals surface area contributed by atoms with Crippen LogP contribution in [-0.4, -0.2) is 23.9 Å². The number of carbonyl (C=O) groups is 1. The maximum Gasteiger partial charge on any atom is 0.225 e. The number of benzene rings is 2. The molecule has 134 valence electrons. The second-order valence-corrected chi connectivity index (χ2v) is 6.49. The average molecular weight is 359 g/mol. The fourth-order valence-corrected chi connectivity index (χ4v) is 3.32. The molecule has 0 unspecified atom stereocenters. The summed E-state index contributed by atoms with van der Waals surface area (Å²) >= 11 is 0. The second-order valence-electron chi connectivity index (χ2n) is 6.49. The quantitative estimate of drug-likeness (QED) is 0.793. The average Bonchev–Trinajstić information content (AvgIpc) is 3.07. The number of halogens is 1. The van der Waals surface area contributed by atoms with Gasteiger partial charge in [-0.05, 0) is 54.6 Å². The van der Waals surface area contributed by atoms with Crippen molar-refractivity contribution in [3.8, 4) is 0 Å². The normalized spacial score (nSPS) is 12.6. The highest BCUT2D eigenvalue weighted by molar-refractivity contribution is 5.91. The van der Waals surface area contributed by atoms with E-state index in [1.807, 2.05) is 12.1 Å². The smallest absolute Gasteiger partial charge is 0.225 e. The number of anilines is 1. The van der Waals surface area contributed by atoms with Crippen molar-refractivity contribution in [3.63, 3.8) is 0 Å². The monoisotopic (exact) mass is 358 g/mol. The Morgan fingerprint density at radius 1 is 1.08 bits per heavy atom. The molecular weight excluding hydrogens is 332 g/mol. The topological polar surface area (TPSA) is 32.3 Å². The van der Waals surface area contributed by atoms with Crippen LogP contribution in [0.15, 0.2) is 48.5 Å². The Morgan fingerprint density at radius 2 is 1.84 bits per heavy atom. The highest BCUT2D eigenvalue weighted by Crippen LogP contribution is 2.24. The van der Waals surface area contributed by atoms with Crippen molar-refractivity contribution in [2.24, 2.45) is 0 Å². The van der Waals surface area contributed by atoms with E-state index >= 15 is 0 Å². The van der Waals surface area contributed by atoms with E-state index in [0.717, 1.165) is 31.7 Å². The minimum Gasteiger partial charge on any atom is -0.326 e. The second kappa shape index (κ2) is 9.59. The molecule has 0 radical (unpaired) electrons. The summed E-state index contributed by atoms with van der Waals surface area (Å²) in [6, 6.07) is 16.7. The summed E-state index contributed by atoms with van der Waals surface area (Å²) in [5.41, 5.74) is 5.06. The van der Waals surface area contributed by atoms with Crippen LogP contribution in [0, 0.1) is 0 Å². The highest BCUT2D eigenvalue weighted by Gasteiger charge is 2.12. The molecule has 2 aromatic carbocycles. The number of fused-ring (bicyclic) bond motifs is 1. The first kappa shape index (κ1) is 19.5. The molecule has 0 aromatic heterocycles. The van der Waals surface area contributed by atoms with Crippen LogP contribution in [0.3, 0.4) is 0 Å². The fraction of sp³-hybridized carbons (Fsp3) is 0.381. The summed E-state index contributed by atoms with van der Waals surface area (Å²) in [4.78, 5) is 14.6. The van der Waals surface area contributed by atoms with Gasteiger partial charge in [-0.2, -0.15) is 0 Å². The van der Waals surface area contributed by atoms with Gasteiger partial charge in [0.05, 0.1) is 0 Å². The van der Waals surface area contributed by atoms with E-state index in [1.54, 1.807) is 0 Å². The first-order valence-corrected chi connectivity index (χ1v) is 8.92. The van der Waals surface area contributed by atoms with E-state index in [1.165, 1.54) is 29.5 Å². The number of nitrogens with one attached hydrogen (secondary N) is 1. The SMILES string of the molecule is CCN(CCC(=O)Nc1ccc2c(c1)CCC2)Cc1ccccc1.Cl. The fourth-order valence-electron chi connectivity index (χ4n) is 3.32. The maximum absolute atomic E-state index is 12.2. The lowest BCUT2D eigenvalue weighted by Gasteiger charge is -2.20. The van der Waals surface area contributed by atoms with Gasteiger partial charge >= 0.3 is 0 Å². The van der Waals surface area contributed by atoms with Crippen LogP contribution in [-0.2, 0) is 24.2 Å². The largest absolute Gasteiger partial charge is 0.326 e. The molecule has 4 heteroatoms. The number of carbonyl (C=O) groups excluding carboxylic acids is 1. The predicted octanol–water partition coefficient (Wildman–Crippen LogP) is 4.45. The Morgan fingerprint density at radius 3 is 2.60 bits per heavy atom. The van der Waals surface area contributed by atoms with Crippen LogP contribution >= 0.6 is 12.4 Å². The third kappa shape index (κ3) is 5.58. The molecule has 0 atom stereocenters. The van der Waals surface area contributed by atoms with E-state index in [0.29, 0.717) is 6.42 Å². The van der Waals surface area contributed by atoms with Gasteiger partial charge in [-0.3, -0.25) is 9.69 Å². The number of rotatable bonds is 7. The third-order valence-electron chi connectivity index (χ3n) is 4.73. The molecular formula is C21H27ClN2O. The molecule has 1 aliphatic carbocycles. The van der Waals surface area contributed by atoms with Gasteiger partial charge in [0.25, 0.3) is 0 Å². The molecule has 2 aromatic rings. The molecule has 0 spiro atoms. The van der Waals surface area contributed by atoms with E-state index in [2.05, 4.69) is 53.5 Å². The molecule has 0 heterocycles. The lowest BCUT2D eigenvalue weighted by molar-refractivity contribution is -0.116. The molecule has 0 saturated carbocycles. The maximum atomic E-state index is 12.2. The molecule has 3 nitrogen and oxygen atoms in total. The predicted molar refractivity (Wildman–Crippen MR) is 106 cm³/mol. The van der Waals surface area contributed by atoms with Gasteiger partial charge in [-0.1, -0.05) is 43.3 Å². The van der Waals surface area contributed by atoms with Crippen LogP contribution < -0.4 is 5.32 Å². The Kier molecular flexibility index (Phi) is 7.48. The lowest BCUT2D eigenvalue weighted by atomic mass is 10.1. The zero-order valence-corrected chi connectivity index (χ0v) is 15.6. The number of amides is 1. The Labute approximate surface area is 156 Å². The highest BCUT2D eigenvalue weighted by atomic mass is 35.5. The molecule has 1 amide bonds. The van der Waals surface area contributed by atoms with Crippen LogP contribution in [0.25, 0.3) is 0 Å². The Bertz CT molecular complexity index is 688. The van der Waals surface area contributed by atoms with Gasteiger partial charge < -0.3 is 5.32 Å². The minimum absolute atomic E-state index is 0. The van der Waals surface area contributed by atoms with Crippen LogP contribution in [0.4, 0.5) is 5.69 Å². The van der Waals surface area contributed by atoms with Crippen molar-refractivity contribution >= 4 is 24.0 Å². The van der Waals surface area contributed by atoms with Crippen molar-refractivity contribution < 1.29 is 4.79 Å². The number of nitrogens with zero attached hydrogens (tertiary/aromatic N) is 1. The summed E-state index contributed by atoms with van der Waals surface area (Å²) < 4.78 is 0. The van der Waals surface area contributed by atoms with Gasteiger partial charge in [0.1, 0.15) is 0 Å². The molecule has 0 aliphatic heterocycles. The van der Waals surface area contributed by atoms with Crippen molar-refractivity contribution in [3.05, 3.63) is 65.2 Å². The Hall–Kier alpha value is -1.84. The van der Waals surface area contributed by atoms with Crippen molar-refractivity contribution in [1.29, 1.82) is 0 Å². The molecule has 1 N–H and O–H groups in total. The third-order valence-corrected chi connectivity index (χ3v) is 4.73. The number of aryl methyl sites for hydroxylation is 2. The first-order valence-electron chi connectivity index (χ1n) is 8.92. The van der Waals surface area contributed by atoms with Crippen molar-refractivity contribution in [2.75, 3.05) is 18.4 Å². The summed E-state index contributed by atoms with van der Waals surface area (Å²) in [6.45, 7) is 4.76. The van der Waals surface area contributed by atoms with E-state index < -0.39 is 0 Å². The molecule has 25 heavy (non-hydrogen) atoms. The van der Waals surface area contributed by atoms with Crippen molar-refractivity contribution in [2.45, 2.75) is 39.2 Å². The van der Waals surface area contributed by atoms with E-state index in [-0.39, 0.29) is 18.3 Å². The van der Waals surface area contributed by atoms with Crippen LogP contribution in [0.5, 0.6) is 0 Å². The standard InChI is InChI=1S/C21H26N2O.ClH/c1-2-23(16-17-7-4-3-5-8-17)14-13-21(24)22-20-12-11-18-9-6-10-19(18)15-20;/h3-5,7-8,11-12,15H,2,6,9-10,13-14,16H2,1H3,(H,22,24);1H. The summed E-state index contributed by atoms with van der Waals surface area (Å²) in [6.07, 6.45) is 4.07. The number of hydrogen-bond acceptors (Lipinski definition) is 2. The van der Waals surface area contributed by atoms with E-state index in [4.69, 9.17) is 0 Å². The Balaban J connectivity index is 0.00000225. The van der Waals surface area contributed by atoms with Gasteiger partial charge in [0.2, 0.25) is 5.91 Å². The zero-order valence-electron chi connectivity index (χ0n) is 14.8. The van der Waals surface area contributed by atoms with Gasteiger partial charge in [0, 0.05) is 25.2 Å². The van der Waals surface area contributed by atoms with Gasteiger partial charge in [-0.15, -0.1) is 12.4 Å². The molecule has 1 aliphatic rings. The van der Waals surface area contributed by atoms with Crippen molar-refractivity contribution in [1.82, 2.24) is 4.90 Å². The molecule has 3 rings (SSSR count). The zero-order chi connectivity index (χ0) is 16.8. The first-order chi connectivity index (χ1) is 11.7. The minimum atomic E-state index is 0. The summed E-state index contributed by atoms with van der Waals surface area (Å²) in [7, 11) is 0. The van der Waals surface area contributed by atoms with Crippen LogP contribution in [0.1, 0.15) is 36.5 Å². The van der Waals surface area contributed by atoms with E-state index in [9.17, 15) is 4.79 Å². The number of hydrogen-bond donors (Lipinski definition) is 1. The van der Waals surface area contributed by atoms with Gasteiger partial charge in [0.15, 0.2) is 0 Å². The molecule has 0 bridgehead atoms. The van der Waals surface area contributed by atoms with Gasteiger partial charge in [-0.25, -0.2) is 0 Å². The summed E-state index contributed by atoms with van der Waals surface area (Å²) in [5.74, 6) is 0.0967. The molecule has 0 saturated heterocycles. The molecule has 0 fully saturated rings. The van der Waals surface area contributed by atoms with Crippen LogP contribution in [0.2, 0.25) is 0 Å².